The number of nitrogens with zero attached hydrogens (tertiary/aromatic N) is 7. The Hall–Kier alpha value is -3.50. The van der Waals surface area contributed by atoms with E-state index in [0.29, 0.717) is 17.1 Å². The molecule has 1 aliphatic rings. The predicted octanol–water partition coefficient (Wildman–Crippen LogP) is 1.52. The maximum Gasteiger partial charge on any atom is 0.303 e. The highest BCUT2D eigenvalue weighted by Gasteiger charge is 2.51. The van der Waals surface area contributed by atoms with Gasteiger partial charge in [0.05, 0.1) is 6.33 Å². The van der Waals surface area contributed by atoms with Crippen LogP contribution in [0.1, 0.15) is 33.9 Å². The number of hydrogen-bond donors (Lipinski definition) is 1. The number of hydrogen-bond acceptors (Lipinski definition) is 14. The van der Waals surface area contributed by atoms with Crippen LogP contribution in [0.25, 0.3) is 11.2 Å². The third-order valence-corrected chi connectivity index (χ3v) is 6.99. The van der Waals surface area contributed by atoms with Gasteiger partial charge < -0.3 is 28.8 Å². The first-order valence-corrected chi connectivity index (χ1v) is 13.2. The van der Waals surface area contributed by atoms with Gasteiger partial charge in [-0.2, -0.15) is 9.97 Å². The number of anilines is 1. The van der Waals surface area contributed by atoms with Gasteiger partial charge in [-0.25, -0.2) is 4.98 Å². The molecule has 0 saturated carbocycles. The summed E-state index contributed by atoms with van der Waals surface area (Å²) >= 11 is 7.78. The van der Waals surface area contributed by atoms with Crippen molar-refractivity contribution in [2.45, 2.75) is 63.4 Å². The highest BCUT2D eigenvalue weighted by Crippen LogP contribution is 2.37. The zero-order valence-electron chi connectivity index (χ0n) is 21.7. The Morgan fingerprint density at radius 2 is 1.85 bits per heavy atom. The largest absolute Gasteiger partial charge is 0.463 e. The van der Waals surface area contributed by atoms with Crippen molar-refractivity contribution in [3.05, 3.63) is 17.9 Å². The maximum atomic E-state index is 12.0. The van der Waals surface area contributed by atoms with Crippen LogP contribution in [0, 0.1) is 0 Å². The second-order valence-corrected chi connectivity index (χ2v) is 10.1. The first kappa shape index (κ1) is 28.5. The first-order chi connectivity index (χ1) is 18.5. The summed E-state index contributed by atoms with van der Waals surface area (Å²) in [6.45, 7) is 5.39. The Bertz CT molecular complexity index is 1370. The molecule has 1 aliphatic heterocycles. The number of nitrogens with one attached hydrogen (secondary N) is 1. The molecule has 0 spiro atoms. The van der Waals surface area contributed by atoms with Crippen LogP contribution < -0.4 is 5.32 Å². The molecule has 4 heterocycles. The van der Waals surface area contributed by atoms with Crippen molar-refractivity contribution >= 4 is 58.3 Å². The van der Waals surface area contributed by atoms with Gasteiger partial charge in [0, 0.05) is 39.6 Å². The maximum absolute atomic E-state index is 12.0. The Labute approximate surface area is 231 Å². The standard InChI is InChI=1S/C22H27ClN8O7S/c1-10(7-39-22-29-25-9-30(22)5)26-18-15-19(28-21(23)27-18)31(8-24-15)20-17(37-13(4)34)16(36-12(3)33)14(38-20)6-35-11(2)32/h8-10,14,16-17,20H,6-7H2,1-5H3,(H,26,27,28)/t10-,14-,16?,17?,20-/m1/s1. The molecular weight excluding hydrogens is 556 g/mol. The molecule has 4 rings (SSSR count). The second kappa shape index (κ2) is 12.1. The molecule has 0 bridgehead atoms. The lowest BCUT2D eigenvalue weighted by Gasteiger charge is -2.23. The van der Waals surface area contributed by atoms with Crippen molar-refractivity contribution in [1.29, 1.82) is 0 Å². The third kappa shape index (κ3) is 6.75. The summed E-state index contributed by atoms with van der Waals surface area (Å²) in [5.74, 6) is -0.798. The fraction of sp³-hybridized carbons (Fsp3) is 0.545. The molecule has 1 saturated heterocycles. The minimum atomic E-state index is -1.10. The molecule has 17 heteroatoms. The van der Waals surface area contributed by atoms with E-state index in [2.05, 4.69) is 30.5 Å². The average Bonchev–Trinajstić information content (AvgIpc) is 3.53. The van der Waals surface area contributed by atoms with E-state index in [1.54, 1.807) is 6.33 Å². The van der Waals surface area contributed by atoms with E-state index in [1.807, 2.05) is 18.5 Å². The van der Waals surface area contributed by atoms with Crippen LogP contribution >= 0.6 is 23.4 Å². The van der Waals surface area contributed by atoms with Gasteiger partial charge in [-0.3, -0.25) is 19.0 Å². The number of imidazole rings is 1. The second-order valence-electron chi connectivity index (χ2n) is 8.76. The quantitative estimate of drug-likeness (QED) is 0.157. The van der Waals surface area contributed by atoms with Crippen molar-refractivity contribution in [3.8, 4) is 0 Å². The molecule has 3 aromatic rings. The van der Waals surface area contributed by atoms with Crippen molar-refractivity contribution in [2.75, 3.05) is 17.7 Å². The van der Waals surface area contributed by atoms with Crippen LogP contribution in [0.5, 0.6) is 0 Å². The zero-order valence-corrected chi connectivity index (χ0v) is 23.3. The zero-order chi connectivity index (χ0) is 28.3. The third-order valence-electron chi connectivity index (χ3n) is 5.52. The topological polar surface area (TPSA) is 174 Å². The number of carbonyl (C=O) groups is 3. The smallest absolute Gasteiger partial charge is 0.303 e. The Kier molecular flexibility index (Phi) is 8.87. The van der Waals surface area contributed by atoms with Gasteiger partial charge in [0.25, 0.3) is 0 Å². The number of carbonyl (C=O) groups excluding carboxylic acids is 3. The summed E-state index contributed by atoms with van der Waals surface area (Å²) in [6, 6.07) is -0.0796. The summed E-state index contributed by atoms with van der Waals surface area (Å²) in [5, 5.41) is 11.9. The van der Waals surface area contributed by atoms with E-state index in [0.717, 1.165) is 5.16 Å². The van der Waals surface area contributed by atoms with Crippen LogP contribution in [-0.4, -0.2) is 88.9 Å². The fourth-order valence-electron chi connectivity index (χ4n) is 3.97. The molecule has 39 heavy (non-hydrogen) atoms. The molecule has 0 amide bonds. The predicted molar refractivity (Wildman–Crippen MR) is 137 cm³/mol. The number of halogens is 1. The van der Waals surface area contributed by atoms with Gasteiger partial charge in [0.2, 0.25) is 5.28 Å². The van der Waals surface area contributed by atoms with Crippen LogP contribution in [0.15, 0.2) is 17.8 Å². The number of rotatable bonds is 10. The van der Waals surface area contributed by atoms with Crippen LogP contribution in [0.4, 0.5) is 5.82 Å². The molecule has 3 aromatic heterocycles. The molecule has 0 radical (unpaired) electrons. The lowest BCUT2D eigenvalue weighted by atomic mass is 10.1. The summed E-state index contributed by atoms with van der Waals surface area (Å²) in [6.07, 6.45) is -1.08. The minimum Gasteiger partial charge on any atom is -0.463 e. The summed E-state index contributed by atoms with van der Waals surface area (Å²) in [7, 11) is 1.86. The van der Waals surface area contributed by atoms with Gasteiger partial charge in [-0.15, -0.1) is 10.2 Å². The Morgan fingerprint density at radius 1 is 1.13 bits per heavy atom. The lowest BCUT2D eigenvalue weighted by Crippen LogP contribution is -2.40. The van der Waals surface area contributed by atoms with Crippen molar-refractivity contribution in [2.24, 2.45) is 7.05 Å². The van der Waals surface area contributed by atoms with E-state index >= 15 is 0 Å². The average molecular weight is 583 g/mol. The van der Waals surface area contributed by atoms with Crippen molar-refractivity contribution in [3.63, 3.8) is 0 Å². The summed E-state index contributed by atoms with van der Waals surface area (Å²) in [5.41, 5.74) is 0.662. The number of fused-ring (bicyclic) bond motifs is 1. The number of aromatic nitrogens is 7. The molecule has 210 valence electrons. The Morgan fingerprint density at radius 3 is 2.49 bits per heavy atom. The van der Waals surface area contributed by atoms with E-state index in [1.165, 1.54) is 43.4 Å². The molecule has 0 aliphatic carbocycles. The van der Waals surface area contributed by atoms with Crippen LogP contribution in [0.3, 0.4) is 0 Å². The summed E-state index contributed by atoms with van der Waals surface area (Å²) < 4.78 is 25.4. The molecule has 2 unspecified atom stereocenters. The SMILES string of the molecule is CC(=O)OC[C@H]1O[C@@H](n2cnc3c(N[C@H](C)CSc4nncn4C)nc(Cl)nc32)C(OC(C)=O)C1OC(C)=O. The van der Waals surface area contributed by atoms with Crippen LogP contribution in [-0.2, 0) is 40.4 Å². The number of thioether (sulfide) groups is 1. The van der Waals surface area contributed by atoms with Gasteiger partial charge in [0.1, 0.15) is 19.0 Å². The summed E-state index contributed by atoms with van der Waals surface area (Å²) in [4.78, 5) is 48.3. The molecule has 5 atom stereocenters. The molecule has 0 aromatic carbocycles. The van der Waals surface area contributed by atoms with E-state index in [9.17, 15) is 14.4 Å². The molecule has 15 nitrogen and oxygen atoms in total. The van der Waals surface area contributed by atoms with Crippen molar-refractivity contribution < 1.29 is 33.3 Å². The van der Waals surface area contributed by atoms with E-state index < -0.39 is 42.4 Å². The molecule has 1 N–H and O–H groups in total. The van der Waals surface area contributed by atoms with Gasteiger partial charge in [-0.1, -0.05) is 11.8 Å². The highest BCUT2D eigenvalue weighted by molar-refractivity contribution is 7.99. The Balaban J connectivity index is 1.63. The highest BCUT2D eigenvalue weighted by atomic mass is 35.5. The molecular formula is C22H27ClN8O7S. The van der Waals surface area contributed by atoms with Gasteiger partial charge in [0.15, 0.2) is 40.6 Å². The first-order valence-electron chi connectivity index (χ1n) is 11.8. The monoisotopic (exact) mass is 582 g/mol. The number of aryl methyl sites for hydroxylation is 1. The van der Waals surface area contributed by atoms with Crippen molar-refractivity contribution in [1.82, 2.24) is 34.3 Å². The number of esters is 3. The minimum absolute atomic E-state index is 0.0602. The van der Waals surface area contributed by atoms with Gasteiger partial charge >= 0.3 is 17.9 Å². The van der Waals surface area contributed by atoms with E-state index in [4.69, 9.17) is 30.5 Å². The molecule has 1 fully saturated rings. The fourth-order valence-corrected chi connectivity index (χ4v) is 4.97. The van der Waals surface area contributed by atoms with Gasteiger partial charge in [-0.05, 0) is 18.5 Å². The van der Waals surface area contributed by atoms with E-state index in [-0.39, 0.29) is 23.6 Å². The lowest BCUT2D eigenvalue weighted by molar-refractivity contribution is -0.166. The number of ether oxygens (including phenoxy) is 4. The normalized spacial score (nSPS) is 21.5. The van der Waals surface area contributed by atoms with Crippen LogP contribution in [0.2, 0.25) is 5.28 Å².